The molecule has 3 aromatic carbocycles. The van der Waals surface area contributed by atoms with E-state index in [-0.39, 0.29) is 17.7 Å². The van der Waals surface area contributed by atoms with Gasteiger partial charge in [-0.25, -0.2) is 0 Å². The molecular weight excluding hydrogens is 486 g/mol. The average molecular weight is 516 g/mol. The Morgan fingerprint density at radius 1 is 1.11 bits per heavy atom. The molecule has 0 radical (unpaired) electrons. The molecule has 1 aliphatic rings. The minimum Gasteiger partial charge on any atom is -0.507 e. The van der Waals surface area contributed by atoms with Gasteiger partial charge in [-0.1, -0.05) is 61.8 Å². The molecule has 0 saturated carbocycles. The normalized spacial score (nSPS) is 14.9. The maximum absolute atomic E-state index is 13.7. The van der Waals surface area contributed by atoms with Crippen molar-refractivity contribution in [1.29, 1.82) is 0 Å². The molecule has 0 fully saturated rings. The summed E-state index contributed by atoms with van der Waals surface area (Å²) in [4.78, 5) is 15.6. The molecule has 0 spiro atoms. The number of phenols is 1. The van der Waals surface area contributed by atoms with E-state index < -0.39 is 0 Å². The molecule has 0 bridgehead atoms. The fraction of sp³-hybridized carbons (Fsp3) is 0.267. The van der Waals surface area contributed by atoms with Gasteiger partial charge in [0.1, 0.15) is 22.9 Å². The number of carbonyl (C=O) groups excluding carboxylic acids is 1. The third-order valence-electron chi connectivity index (χ3n) is 7.12. The first-order valence-corrected chi connectivity index (χ1v) is 12.8. The summed E-state index contributed by atoms with van der Waals surface area (Å²) < 4.78 is 5.27. The number of halogens is 1. The minimum atomic E-state index is -0.352. The van der Waals surface area contributed by atoms with Gasteiger partial charge in [0.25, 0.3) is 5.91 Å². The predicted molar refractivity (Wildman–Crippen MR) is 146 cm³/mol. The van der Waals surface area contributed by atoms with E-state index in [9.17, 15) is 9.90 Å². The zero-order valence-corrected chi connectivity index (χ0v) is 22.1. The van der Waals surface area contributed by atoms with Gasteiger partial charge in [0.05, 0.1) is 13.2 Å². The van der Waals surface area contributed by atoms with Gasteiger partial charge in [0, 0.05) is 22.7 Å². The first kappa shape index (κ1) is 24.9. The molecule has 2 N–H and O–H groups in total. The van der Waals surface area contributed by atoms with Crippen LogP contribution in [0.25, 0.3) is 11.3 Å². The second-order valence-electron chi connectivity index (χ2n) is 9.80. The van der Waals surface area contributed by atoms with Gasteiger partial charge >= 0.3 is 0 Å². The molecule has 1 atom stereocenters. The van der Waals surface area contributed by atoms with Crippen molar-refractivity contribution < 1.29 is 14.6 Å². The summed E-state index contributed by atoms with van der Waals surface area (Å²) in [6, 6.07) is 19.3. The Hall–Kier alpha value is -3.77. The largest absolute Gasteiger partial charge is 0.507 e. The number of aromatic nitrogens is 2. The van der Waals surface area contributed by atoms with E-state index in [0.29, 0.717) is 40.9 Å². The summed E-state index contributed by atoms with van der Waals surface area (Å²) in [5.74, 6) is 1.16. The van der Waals surface area contributed by atoms with Crippen LogP contribution >= 0.6 is 11.6 Å². The lowest BCUT2D eigenvalue weighted by Gasteiger charge is -2.27. The molecule has 0 aliphatic carbocycles. The lowest BCUT2D eigenvalue weighted by atomic mass is 9.93. The first-order valence-electron chi connectivity index (χ1n) is 12.4. The average Bonchev–Trinajstić information content (AvgIpc) is 3.44. The highest BCUT2D eigenvalue weighted by atomic mass is 35.5. The maximum atomic E-state index is 13.7. The minimum absolute atomic E-state index is 0.0780. The number of fused-ring (bicyclic) bond motifs is 1. The molecule has 4 aromatic rings. The van der Waals surface area contributed by atoms with Crippen LogP contribution in [0.2, 0.25) is 5.02 Å². The summed E-state index contributed by atoms with van der Waals surface area (Å²) >= 11 is 6.42. The second kappa shape index (κ2) is 9.94. The van der Waals surface area contributed by atoms with Crippen LogP contribution in [-0.4, -0.2) is 39.8 Å². The summed E-state index contributed by atoms with van der Waals surface area (Å²) in [5, 5.41) is 18.7. The predicted octanol–water partition coefficient (Wildman–Crippen LogP) is 6.66. The van der Waals surface area contributed by atoms with Gasteiger partial charge < -0.3 is 14.7 Å². The quantitative estimate of drug-likeness (QED) is 0.288. The van der Waals surface area contributed by atoms with Crippen LogP contribution in [0.3, 0.4) is 0 Å². The number of carbonyl (C=O) groups is 1. The van der Waals surface area contributed by atoms with Crippen LogP contribution in [-0.2, 0) is 6.42 Å². The van der Waals surface area contributed by atoms with Crippen LogP contribution in [0.1, 0.15) is 64.1 Å². The molecule has 37 heavy (non-hydrogen) atoms. The molecule has 0 saturated heterocycles. The number of rotatable bonds is 7. The Bertz CT molecular complexity index is 1440. The van der Waals surface area contributed by atoms with Crippen LogP contribution < -0.4 is 4.74 Å². The number of nitrogens with zero attached hydrogens (tertiary/aromatic N) is 2. The van der Waals surface area contributed by atoms with Crippen LogP contribution in [0, 0.1) is 6.92 Å². The van der Waals surface area contributed by atoms with Crippen molar-refractivity contribution in [3.05, 3.63) is 99.2 Å². The number of hydrogen-bond donors (Lipinski definition) is 2. The van der Waals surface area contributed by atoms with Crippen molar-refractivity contribution in [2.24, 2.45) is 0 Å². The topological polar surface area (TPSA) is 78.5 Å². The molecule has 190 valence electrons. The Balaban J connectivity index is 1.57. The SMILES string of the molecule is COc1ccc(CCN2C(=O)c3[nH]nc(-c4cc(Cl)c(C)cc4O)c3[C@H]2c2ccc(C(C)C)cc2)cc1. The van der Waals surface area contributed by atoms with E-state index in [4.69, 9.17) is 16.3 Å². The molecule has 1 aromatic heterocycles. The van der Waals surface area contributed by atoms with Gasteiger partial charge in [0.2, 0.25) is 0 Å². The lowest BCUT2D eigenvalue weighted by molar-refractivity contribution is 0.0746. The van der Waals surface area contributed by atoms with Gasteiger partial charge in [-0.05, 0) is 65.8 Å². The molecule has 6 nitrogen and oxygen atoms in total. The summed E-state index contributed by atoms with van der Waals surface area (Å²) in [6.45, 7) is 6.67. The van der Waals surface area contributed by atoms with Gasteiger partial charge in [-0.2, -0.15) is 5.10 Å². The van der Waals surface area contributed by atoms with Crippen molar-refractivity contribution in [1.82, 2.24) is 15.1 Å². The Kier molecular flexibility index (Phi) is 6.69. The van der Waals surface area contributed by atoms with Crippen LogP contribution in [0.15, 0.2) is 60.7 Å². The van der Waals surface area contributed by atoms with E-state index in [0.717, 1.165) is 28.0 Å². The van der Waals surface area contributed by atoms with Gasteiger partial charge in [0.15, 0.2) is 0 Å². The van der Waals surface area contributed by atoms with Gasteiger partial charge in [-0.15, -0.1) is 0 Å². The number of H-pyrrole nitrogens is 1. The standard InChI is InChI=1S/C30H30ClN3O3/c1-17(2)20-7-9-21(10-8-20)29-26-27(23-16-24(31)18(3)15-25(23)35)32-33-28(26)30(36)34(29)14-13-19-5-11-22(37-4)12-6-19/h5-12,15-17,29,35H,13-14H2,1-4H3,(H,32,33)/t29-/m1/s1. The third kappa shape index (κ3) is 4.58. The maximum Gasteiger partial charge on any atom is 0.273 e. The van der Waals surface area contributed by atoms with Crippen molar-refractivity contribution in [3.63, 3.8) is 0 Å². The highest BCUT2D eigenvalue weighted by Gasteiger charge is 2.42. The number of phenolic OH excluding ortho intramolecular Hbond substituents is 1. The van der Waals surface area contributed by atoms with Crippen molar-refractivity contribution >= 4 is 17.5 Å². The van der Waals surface area contributed by atoms with Crippen molar-refractivity contribution in [2.45, 2.75) is 39.2 Å². The number of aromatic hydroxyl groups is 1. The Morgan fingerprint density at radius 2 is 1.81 bits per heavy atom. The number of aromatic amines is 1. The number of benzene rings is 3. The summed E-state index contributed by atoms with van der Waals surface area (Å²) in [6.07, 6.45) is 0.685. The summed E-state index contributed by atoms with van der Waals surface area (Å²) in [7, 11) is 1.64. The Labute approximate surface area is 221 Å². The van der Waals surface area contributed by atoms with Gasteiger partial charge in [-0.3, -0.25) is 9.89 Å². The molecule has 1 aliphatic heterocycles. The molecule has 5 rings (SSSR count). The van der Waals surface area contributed by atoms with E-state index in [1.54, 1.807) is 19.2 Å². The van der Waals surface area contributed by atoms with Crippen molar-refractivity contribution in [2.75, 3.05) is 13.7 Å². The first-order chi connectivity index (χ1) is 17.8. The molecule has 0 unspecified atom stereocenters. The second-order valence-corrected chi connectivity index (χ2v) is 10.2. The van der Waals surface area contributed by atoms with E-state index in [1.165, 1.54) is 5.56 Å². The highest BCUT2D eigenvalue weighted by Crippen LogP contribution is 2.45. The molecular formula is C30H30ClN3O3. The Morgan fingerprint density at radius 3 is 2.46 bits per heavy atom. The number of ether oxygens (including phenoxy) is 1. The highest BCUT2D eigenvalue weighted by molar-refractivity contribution is 6.31. The number of methoxy groups -OCH3 is 1. The number of amides is 1. The number of nitrogens with one attached hydrogen (secondary N) is 1. The summed E-state index contributed by atoms with van der Waals surface area (Å²) in [5.41, 5.74) is 6.34. The molecule has 2 heterocycles. The van der Waals surface area contributed by atoms with E-state index in [1.807, 2.05) is 36.1 Å². The fourth-order valence-corrected chi connectivity index (χ4v) is 5.10. The zero-order chi connectivity index (χ0) is 26.3. The van der Waals surface area contributed by atoms with Crippen LogP contribution in [0.4, 0.5) is 0 Å². The lowest BCUT2D eigenvalue weighted by Crippen LogP contribution is -2.31. The third-order valence-corrected chi connectivity index (χ3v) is 7.52. The monoisotopic (exact) mass is 515 g/mol. The molecule has 7 heteroatoms. The van der Waals surface area contributed by atoms with Crippen LogP contribution in [0.5, 0.6) is 11.5 Å². The van der Waals surface area contributed by atoms with Crippen molar-refractivity contribution in [3.8, 4) is 22.8 Å². The fourth-order valence-electron chi connectivity index (χ4n) is 4.94. The number of aryl methyl sites for hydroxylation is 1. The van der Waals surface area contributed by atoms with E-state index in [2.05, 4.69) is 48.3 Å². The number of hydrogen-bond acceptors (Lipinski definition) is 4. The zero-order valence-electron chi connectivity index (χ0n) is 21.4. The molecule has 1 amide bonds. The smallest absolute Gasteiger partial charge is 0.273 e. The van der Waals surface area contributed by atoms with E-state index >= 15 is 0 Å².